The van der Waals surface area contributed by atoms with Gasteiger partial charge in [-0.1, -0.05) is 48.0 Å². The van der Waals surface area contributed by atoms with Gasteiger partial charge in [0, 0.05) is 21.0 Å². The number of benzene rings is 2. The van der Waals surface area contributed by atoms with Gasteiger partial charge in [0.2, 0.25) is 0 Å². The Morgan fingerprint density at radius 1 is 1.00 bits per heavy atom. The topological polar surface area (TPSA) is 59.4 Å². The van der Waals surface area contributed by atoms with E-state index in [1.54, 1.807) is 18.2 Å². The summed E-state index contributed by atoms with van der Waals surface area (Å²) >= 11 is 7.80. The molecule has 0 bridgehead atoms. The Morgan fingerprint density at radius 3 is 2.62 bits per heavy atom. The highest BCUT2D eigenvalue weighted by atomic mass is 35.5. The van der Waals surface area contributed by atoms with E-state index in [1.165, 1.54) is 17.4 Å². The average molecular weight is 422 g/mol. The molecule has 0 aliphatic rings. The van der Waals surface area contributed by atoms with Gasteiger partial charge in [-0.05, 0) is 47.3 Å². The van der Waals surface area contributed by atoms with E-state index in [9.17, 15) is 9.90 Å². The van der Waals surface area contributed by atoms with Crippen LogP contribution in [0, 0.1) is 0 Å². The molecular formula is C23H16ClNO3S. The number of carboxylic acid groups (broad SMARTS) is 1. The molecule has 1 N–H and O–H groups in total. The first-order valence-corrected chi connectivity index (χ1v) is 10.1. The largest absolute Gasteiger partial charge is 0.488 e. The Balaban J connectivity index is 1.73. The van der Waals surface area contributed by atoms with Crippen molar-refractivity contribution in [2.45, 2.75) is 6.61 Å². The van der Waals surface area contributed by atoms with Gasteiger partial charge in [0.1, 0.15) is 18.1 Å². The first-order valence-electron chi connectivity index (χ1n) is 8.86. The minimum absolute atomic E-state index is 0.00583. The van der Waals surface area contributed by atoms with Crippen molar-refractivity contribution in [3.63, 3.8) is 0 Å². The van der Waals surface area contributed by atoms with E-state index in [4.69, 9.17) is 16.3 Å². The lowest BCUT2D eigenvalue weighted by molar-refractivity contribution is 0.0690. The van der Waals surface area contributed by atoms with Crippen LogP contribution in [0.1, 0.15) is 16.1 Å². The Morgan fingerprint density at radius 2 is 1.83 bits per heavy atom. The van der Waals surface area contributed by atoms with Crippen LogP contribution < -0.4 is 4.74 Å². The van der Waals surface area contributed by atoms with Crippen molar-refractivity contribution in [2.75, 3.05) is 0 Å². The molecule has 0 saturated carbocycles. The summed E-state index contributed by atoms with van der Waals surface area (Å²) in [5.41, 5.74) is 3.35. The second-order valence-corrected chi connectivity index (χ2v) is 7.64. The fourth-order valence-corrected chi connectivity index (χ4v) is 4.06. The van der Waals surface area contributed by atoms with Crippen LogP contribution in [0.25, 0.3) is 21.7 Å². The fourth-order valence-electron chi connectivity index (χ4n) is 2.96. The fraction of sp³-hybridized carbons (Fsp3) is 0.0435. The lowest BCUT2D eigenvalue weighted by Crippen LogP contribution is -2.00. The summed E-state index contributed by atoms with van der Waals surface area (Å²) in [6.07, 6.45) is 0. The lowest BCUT2D eigenvalue weighted by Gasteiger charge is -2.13. The van der Waals surface area contributed by atoms with Crippen LogP contribution in [-0.4, -0.2) is 16.1 Å². The predicted molar refractivity (Wildman–Crippen MR) is 116 cm³/mol. The molecule has 0 aliphatic heterocycles. The van der Waals surface area contributed by atoms with E-state index in [2.05, 4.69) is 4.98 Å². The molecule has 2 heterocycles. The maximum Gasteiger partial charge on any atom is 0.354 e. The van der Waals surface area contributed by atoms with Crippen LogP contribution in [0.4, 0.5) is 0 Å². The Hall–Kier alpha value is -3.15. The molecule has 4 aromatic rings. The summed E-state index contributed by atoms with van der Waals surface area (Å²) in [6.45, 7) is 0.433. The molecule has 144 valence electrons. The number of halogens is 1. The zero-order valence-corrected chi connectivity index (χ0v) is 16.8. The number of pyridine rings is 1. The molecule has 4 rings (SSSR count). The maximum atomic E-state index is 11.3. The minimum Gasteiger partial charge on any atom is -0.488 e. The SMILES string of the molecule is O=C(O)c1cccc(-c2ccsc2-c2cc(Cl)ccc2OCc2ccccc2)n1. The molecule has 29 heavy (non-hydrogen) atoms. The van der Waals surface area contributed by atoms with Crippen LogP contribution >= 0.6 is 22.9 Å². The highest BCUT2D eigenvalue weighted by Crippen LogP contribution is 2.42. The minimum atomic E-state index is -1.06. The van der Waals surface area contributed by atoms with Gasteiger partial charge in [-0.15, -0.1) is 11.3 Å². The quantitative estimate of drug-likeness (QED) is 0.391. The molecule has 0 atom stereocenters. The van der Waals surface area contributed by atoms with E-state index in [1.807, 2.05) is 53.9 Å². The van der Waals surface area contributed by atoms with Crippen LogP contribution in [0.3, 0.4) is 0 Å². The number of aromatic nitrogens is 1. The second kappa shape index (κ2) is 8.47. The Labute approximate surface area is 177 Å². The van der Waals surface area contributed by atoms with Crippen LogP contribution in [-0.2, 0) is 6.61 Å². The highest BCUT2D eigenvalue weighted by Gasteiger charge is 2.17. The first-order chi connectivity index (χ1) is 14.1. The van der Waals surface area contributed by atoms with Crippen LogP contribution in [0.15, 0.2) is 78.2 Å². The van der Waals surface area contributed by atoms with Gasteiger partial charge in [-0.25, -0.2) is 9.78 Å². The van der Waals surface area contributed by atoms with Gasteiger partial charge >= 0.3 is 5.97 Å². The van der Waals surface area contributed by atoms with E-state index in [-0.39, 0.29) is 5.69 Å². The first kappa shape index (κ1) is 19.2. The van der Waals surface area contributed by atoms with Gasteiger partial charge in [-0.2, -0.15) is 0 Å². The van der Waals surface area contributed by atoms with E-state index in [0.29, 0.717) is 23.1 Å². The van der Waals surface area contributed by atoms with E-state index >= 15 is 0 Å². The monoisotopic (exact) mass is 421 g/mol. The molecule has 0 fully saturated rings. The molecular weight excluding hydrogens is 406 g/mol. The van der Waals surface area contributed by atoms with Crippen molar-refractivity contribution in [3.05, 3.63) is 94.5 Å². The number of thiophene rings is 1. The summed E-state index contributed by atoms with van der Waals surface area (Å²) in [5, 5.41) is 11.8. The number of aromatic carboxylic acids is 1. The van der Waals surface area contributed by atoms with Gasteiger partial charge in [0.05, 0.1) is 5.69 Å². The van der Waals surface area contributed by atoms with E-state index < -0.39 is 5.97 Å². The molecule has 4 nitrogen and oxygen atoms in total. The molecule has 0 aliphatic carbocycles. The lowest BCUT2D eigenvalue weighted by atomic mass is 10.1. The molecule has 0 spiro atoms. The molecule has 0 unspecified atom stereocenters. The number of nitrogens with zero attached hydrogens (tertiary/aromatic N) is 1. The Bertz CT molecular complexity index is 1160. The number of hydrogen-bond acceptors (Lipinski definition) is 4. The van der Waals surface area contributed by atoms with Crippen LogP contribution in [0.5, 0.6) is 5.75 Å². The zero-order valence-electron chi connectivity index (χ0n) is 15.2. The number of carbonyl (C=O) groups is 1. The number of carboxylic acids is 1. The summed E-state index contributed by atoms with van der Waals surface area (Å²) in [4.78, 5) is 16.5. The molecule has 0 saturated heterocycles. The third-order valence-corrected chi connectivity index (χ3v) is 5.52. The van der Waals surface area contributed by atoms with Crippen LogP contribution in [0.2, 0.25) is 5.02 Å². The third-order valence-electron chi connectivity index (χ3n) is 4.33. The van der Waals surface area contributed by atoms with Crippen molar-refractivity contribution >= 4 is 28.9 Å². The number of ether oxygens (including phenoxy) is 1. The van der Waals surface area contributed by atoms with Crippen molar-refractivity contribution in [3.8, 4) is 27.4 Å². The zero-order chi connectivity index (χ0) is 20.2. The molecule has 0 amide bonds. The van der Waals surface area contributed by atoms with Crippen molar-refractivity contribution in [2.24, 2.45) is 0 Å². The van der Waals surface area contributed by atoms with Crippen molar-refractivity contribution in [1.82, 2.24) is 4.98 Å². The molecule has 2 aromatic heterocycles. The smallest absolute Gasteiger partial charge is 0.354 e. The molecule has 0 radical (unpaired) electrons. The maximum absolute atomic E-state index is 11.3. The van der Waals surface area contributed by atoms with Crippen molar-refractivity contribution in [1.29, 1.82) is 0 Å². The van der Waals surface area contributed by atoms with Gasteiger partial charge < -0.3 is 9.84 Å². The number of hydrogen-bond donors (Lipinski definition) is 1. The van der Waals surface area contributed by atoms with Gasteiger partial charge in [0.25, 0.3) is 0 Å². The molecule has 2 aromatic carbocycles. The second-order valence-electron chi connectivity index (χ2n) is 6.29. The average Bonchev–Trinajstić information content (AvgIpc) is 3.23. The van der Waals surface area contributed by atoms with Gasteiger partial charge in [0.15, 0.2) is 0 Å². The summed E-state index contributed by atoms with van der Waals surface area (Å²) in [7, 11) is 0. The molecule has 6 heteroatoms. The predicted octanol–water partition coefficient (Wildman–Crippen LogP) is 6.41. The van der Waals surface area contributed by atoms with E-state index in [0.717, 1.165) is 21.6 Å². The summed E-state index contributed by atoms with van der Waals surface area (Å²) < 4.78 is 6.09. The highest BCUT2D eigenvalue weighted by molar-refractivity contribution is 7.14. The summed E-state index contributed by atoms with van der Waals surface area (Å²) in [6, 6.07) is 22.3. The third kappa shape index (κ3) is 4.31. The van der Waals surface area contributed by atoms with Gasteiger partial charge in [-0.3, -0.25) is 0 Å². The number of rotatable bonds is 6. The normalized spacial score (nSPS) is 10.7. The van der Waals surface area contributed by atoms with Crippen molar-refractivity contribution < 1.29 is 14.6 Å². The Kier molecular flexibility index (Phi) is 5.60. The standard InChI is InChI=1S/C23H16ClNO3S/c24-16-9-10-21(28-14-15-5-2-1-3-6-15)18(13-16)22-17(11-12-29-22)19-7-4-8-20(25-19)23(26)27/h1-13H,14H2,(H,26,27). The summed E-state index contributed by atoms with van der Waals surface area (Å²) in [5.74, 6) is -0.352.